The van der Waals surface area contributed by atoms with Crippen molar-refractivity contribution in [3.05, 3.63) is 29.8 Å². The normalized spacial score (nSPS) is 17.2. The molecule has 1 amide bonds. The molecule has 1 aliphatic heterocycles. The van der Waals surface area contributed by atoms with Crippen molar-refractivity contribution in [3.8, 4) is 0 Å². The van der Waals surface area contributed by atoms with Crippen LogP contribution in [0.4, 0.5) is 5.69 Å². The van der Waals surface area contributed by atoms with Gasteiger partial charge in [0.1, 0.15) is 0 Å². The molecule has 5 nitrogen and oxygen atoms in total. The first-order chi connectivity index (χ1) is 8.11. The summed E-state index contributed by atoms with van der Waals surface area (Å²) in [6.45, 7) is 1.93. The Kier molecular flexibility index (Phi) is 3.10. The number of carbonyl (C=O) groups excluding carboxylic acids is 1. The molecule has 1 heterocycles. The van der Waals surface area contributed by atoms with E-state index in [0.717, 1.165) is 0 Å². The van der Waals surface area contributed by atoms with Gasteiger partial charge in [-0.05, 0) is 18.6 Å². The van der Waals surface area contributed by atoms with Crippen LogP contribution < -0.4 is 5.06 Å². The summed E-state index contributed by atoms with van der Waals surface area (Å²) in [5.41, 5.74) is 1.10. The molecule has 1 N–H and O–H groups in total. The molecule has 0 saturated carbocycles. The molecule has 1 aliphatic rings. The largest absolute Gasteiger partial charge is 0.481 e. The highest BCUT2D eigenvalue weighted by Crippen LogP contribution is 2.30. The van der Waals surface area contributed by atoms with Gasteiger partial charge in [-0.25, -0.2) is 0 Å². The molecule has 1 fully saturated rings. The van der Waals surface area contributed by atoms with E-state index < -0.39 is 11.9 Å². The molecule has 17 heavy (non-hydrogen) atoms. The lowest BCUT2D eigenvalue weighted by Gasteiger charge is -2.19. The first kappa shape index (κ1) is 11.6. The van der Waals surface area contributed by atoms with Gasteiger partial charge in [0.15, 0.2) is 0 Å². The van der Waals surface area contributed by atoms with Gasteiger partial charge in [-0.1, -0.05) is 18.2 Å². The molecule has 0 bridgehead atoms. The van der Waals surface area contributed by atoms with Gasteiger partial charge in [-0.3, -0.25) is 14.4 Å². The van der Waals surface area contributed by atoms with Crippen LogP contribution in [0.1, 0.15) is 24.8 Å². The molecular formula is C12H13NO4. The van der Waals surface area contributed by atoms with E-state index in [0.29, 0.717) is 24.3 Å². The Morgan fingerprint density at radius 3 is 2.76 bits per heavy atom. The summed E-state index contributed by atoms with van der Waals surface area (Å²) < 4.78 is 0. The van der Waals surface area contributed by atoms with Gasteiger partial charge in [0, 0.05) is 0 Å². The summed E-state index contributed by atoms with van der Waals surface area (Å²) in [6, 6.07) is 6.89. The van der Waals surface area contributed by atoms with Crippen molar-refractivity contribution in [1.82, 2.24) is 0 Å². The van der Waals surface area contributed by atoms with Crippen LogP contribution in [0, 0.1) is 0 Å². The molecular weight excluding hydrogens is 222 g/mol. The maximum absolute atomic E-state index is 11.6. The first-order valence-corrected chi connectivity index (χ1v) is 5.39. The number of amides is 1. The number of hydroxylamine groups is 1. The van der Waals surface area contributed by atoms with Gasteiger partial charge in [0.05, 0.1) is 24.6 Å². The summed E-state index contributed by atoms with van der Waals surface area (Å²) in [7, 11) is 0. The van der Waals surface area contributed by atoms with E-state index in [2.05, 4.69) is 0 Å². The van der Waals surface area contributed by atoms with Crippen LogP contribution in [-0.2, 0) is 14.4 Å². The van der Waals surface area contributed by atoms with Crippen molar-refractivity contribution in [1.29, 1.82) is 0 Å². The van der Waals surface area contributed by atoms with Gasteiger partial charge in [-0.15, -0.1) is 0 Å². The molecule has 5 heteroatoms. The van der Waals surface area contributed by atoms with Crippen LogP contribution >= 0.6 is 0 Å². The molecule has 2 rings (SSSR count). The minimum atomic E-state index is -0.927. The predicted molar refractivity (Wildman–Crippen MR) is 60.5 cm³/mol. The lowest BCUT2D eigenvalue weighted by Crippen LogP contribution is -2.24. The Morgan fingerprint density at radius 2 is 2.18 bits per heavy atom. The summed E-state index contributed by atoms with van der Waals surface area (Å²) in [4.78, 5) is 27.8. The van der Waals surface area contributed by atoms with Crippen LogP contribution in [0.15, 0.2) is 24.3 Å². The van der Waals surface area contributed by atoms with Crippen molar-refractivity contribution in [2.75, 3.05) is 11.7 Å². The van der Waals surface area contributed by atoms with Crippen LogP contribution in [0.3, 0.4) is 0 Å². The van der Waals surface area contributed by atoms with Gasteiger partial charge in [0.2, 0.25) is 0 Å². The lowest BCUT2D eigenvalue weighted by atomic mass is 9.99. The van der Waals surface area contributed by atoms with E-state index in [-0.39, 0.29) is 5.91 Å². The van der Waals surface area contributed by atoms with E-state index in [4.69, 9.17) is 9.94 Å². The highest BCUT2D eigenvalue weighted by atomic mass is 16.7. The predicted octanol–water partition coefficient (Wildman–Crippen LogP) is 1.54. The maximum atomic E-state index is 11.6. The second-order valence-corrected chi connectivity index (χ2v) is 3.89. The van der Waals surface area contributed by atoms with Crippen LogP contribution in [0.2, 0.25) is 0 Å². The Bertz CT molecular complexity index is 458. The third kappa shape index (κ3) is 2.14. The quantitative estimate of drug-likeness (QED) is 0.863. The van der Waals surface area contributed by atoms with E-state index in [9.17, 15) is 9.59 Å². The van der Waals surface area contributed by atoms with Crippen LogP contribution in [0.25, 0.3) is 0 Å². The topological polar surface area (TPSA) is 66.8 Å². The van der Waals surface area contributed by atoms with E-state index >= 15 is 0 Å². The third-order valence-corrected chi connectivity index (χ3v) is 2.76. The molecule has 0 aromatic heterocycles. The standard InChI is InChI=1S/C12H13NO4/c1-8(12(15)16)9-4-2-3-5-10(9)13-11(14)6-7-17-13/h2-5,8H,6-7H2,1H3,(H,15,16). The highest BCUT2D eigenvalue weighted by molar-refractivity contribution is 5.94. The second-order valence-electron chi connectivity index (χ2n) is 3.89. The van der Waals surface area contributed by atoms with Crippen molar-refractivity contribution >= 4 is 17.6 Å². The fraction of sp³-hybridized carbons (Fsp3) is 0.333. The summed E-state index contributed by atoms with van der Waals surface area (Å²) >= 11 is 0. The fourth-order valence-electron chi connectivity index (χ4n) is 1.77. The lowest BCUT2D eigenvalue weighted by molar-refractivity contribution is -0.138. The number of aliphatic carboxylic acids is 1. The van der Waals surface area contributed by atoms with Crippen LogP contribution in [0.5, 0.6) is 0 Å². The zero-order valence-electron chi connectivity index (χ0n) is 9.42. The number of rotatable bonds is 3. The van der Waals surface area contributed by atoms with Crippen molar-refractivity contribution < 1.29 is 19.5 Å². The number of hydrogen-bond acceptors (Lipinski definition) is 3. The molecule has 1 aromatic carbocycles. The van der Waals surface area contributed by atoms with E-state index in [1.165, 1.54) is 5.06 Å². The molecule has 90 valence electrons. The van der Waals surface area contributed by atoms with E-state index in [1.807, 2.05) is 0 Å². The molecule has 1 unspecified atom stereocenters. The van der Waals surface area contributed by atoms with Gasteiger partial charge in [0.25, 0.3) is 5.91 Å². The fourth-order valence-corrected chi connectivity index (χ4v) is 1.77. The summed E-state index contributed by atoms with van der Waals surface area (Å²) in [5.74, 6) is -1.75. The van der Waals surface area contributed by atoms with Crippen molar-refractivity contribution in [2.24, 2.45) is 0 Å². The Balaban J connectivity index is 2.40. The van der Waals surface area contributed by atoms with Crippen molar-refractivity contribution in [2.45, 2.75) is 19.3 Å². The molecule has 0 radical (unpaired) electrons. The number of anilines is 1. The third-order valence-electron chi connectivity index (χ3n) is 2.76. The molecule has 1 aromatic rings. The maximum Gasteiger partial charge on any atom is 0.310 e. The number of para-hydroxylation sites is 1. The van der Waals surface area contributed by atoms with Crippen molar-refractivity contribution in [3.63, 3.8) is 0 Å². The average molecular weight is 235 g/mol. The zero-order valence-corrected chi connectivity index (χ0v) is 9.42. The molecule has 0 aliphatic carbocycles. The SMILES string of the molecule is CC(C(=O)O)c1ccccc1N1OCCC1=O. The molecule has 1 atom stereocenters. The summed E-state index contributed by atoms with van der Waals surface area (Å²) in [5, 5.41) is 10.2. The highest BCUT2D eigenvalue weighted by Gasteiger charge is 2.28. The smallest absolute Gasteiger partial charge is 0.310 e. The van der Waals surface area contributed by atoms with Gasteiger partial charge < -0.3 is 5.11 Å². The number of hydrogen-bond donors (Lipinski definition) is 1. The zero-order chi connectivity index (χ0) is 12.4. The number of carbonyl (C=O) groups is 2. The Labute approximate surface area is 98.6 Å². The minimum Gasteiger partial charge on any atom is -0.481 e. The average Bonchev–Trinajstić information content (AvgIpc) is 2.74. The van der Waals surface area contributed by atoms with Gasteiger partial charge in [-0.2, -0.15) is 5.06 Å². The molecule has 1 saturated heterocycles. The van der Waals surface area contributed by atoms with Crippen LogP contribution in [-0.4, -0.2) is 23.6 Å². The first-order valence-electron chi connectivity index (χ1n) is 5.39. The second kappa shape index (κ2) is 4.55. The van der Waals surface area contributed by atoms with Gasteiger partial charge >= 0.3 is 5.97 Å². The Hall–Kier alpha value is -1.88. The number of carboxylic acids is 1. The molecule has 0 spiro atoms. The Morgan fingerprint density at radius 1 is 1.47 bits per heavy atom. The number of nitrogens with zero attached hydrogens (tertiary/aromatic N) is 1. The monoisotopic (exact) mass is 235 g/mol. The number of benzene rings is 1. The number of carboxylic acid groups (broad SMARTS) is 1. The minimum absolute atomic E-state index is 0.143. The van der Waals surface area contributed by atoms with E-state index in [1.54, 1.807) is 31.2 Å². The summed E-state index contributed by atoms with van der Waals surface area (Å²) in [6.07, 6.45) is 0.329.